The molecule has 0 radical (unpaired) electrons. The Bertz CT molecular complexity index is 1960. The molecule has 0 unspecified atom stereocenters. The van der Waals surface area contributed by atoms with Gasteiger partial charge in [0.1, 0.15) is 30.2 Å². The number of phenolic OH excluding ortho intramolecular Hbond substituents is 1. The van der Waals surface area contributed by atoms with Gasteiger partial charge >= 0.3 is 6.01 Å². The van der Waals surface area contributed by atoms with E-state index in [0.717, 1.165) is 31.2 Å². The standard InChI is InChI=1S/C41H50F2N6O5/c1-6-31-33(43)11-10-26-19-30(50)20-35(37(26)31)47-16-12-32-34(24-47)44-39(45-38(32)46(5)23-29-9-8-15-48(29)36(51)7-2)54-25-41(40(3,4)52)21-27(42)22-49(41)28-13-17-53-18-14-28/h1,7,10-11,19-20,27-29,50,52H,2,8-9,12-18,21-25H2,3-5H3/t27-,29+,41+/m1/s1. The molecule has 1 amide bonds. The highest BCUT2D eigenvalue weighted by Gasteiger charge is 2.57. The van der Waals surface area contributed by atoms with E-state index in [1.54, 1.807) is 32.0 Å². The Morgan fingerprint density at radius 3 is 2.74 bits per heavy atom. The van der Waals surface area contributed by atoms with Gasteiger partial charge in [-0.15, -0.1) is 6.42 Å². The Balaban J connectivity index is 1.27. The van der Waals surface area contributed by atoms with Gasteiger partial charge in [0.05, 0.1) is 28.9 Å². The third-order valence-electron chi connectivity index (χ3n) is 11.9. The summed E-state index contributed by atoms with van der Waals surface area (Å²) in [6, 6.07) is 6.12. The monoisotopic (exact) mass is 744 g/mol. The number of likely N-dealkylation sites (tertiary alicyclic amines) is 2. The lowest BCUT2D eigenvalue weighted by Crippen LogP contribution is -2.65. The molecule has 3 saturated heterocycles. The summed E-state index contributed by atoms with van der Waals surface area (Å²) < 4.78 is 42.6. The number of hydrogen-bond acceptors (Lipinski definition) is 10. The molecule has 13 heteroatoms. The number of anilines is 2. The molecule has 5 heterocycles. The molecule has 3 aromatic rings. The number of ether oxygens (including phenoxy) is 2. The van der Waals surface area contributed by atoms with E-state index >= 15 is 8.78 Å². The van der Waals surface area contributed by atoms with Crippen molar-refractivity contribution >= 4 is 28.2 Å². The van der Waals surface area contributed by atoms with E-state index in [2.05, 4.69) is 17.4 Å². The van der Waals surface area contributed by atoms with Gasteiger partial charge < -0.3 is 34.4 Å². The minimum absolute atomic E-state index is 0.0222. The first-order valence-corrected chi connectivity index (χ1v) is 18.9. The molecule has 0 spiro atoms. The number of alkyl halides is 1. The van der Waals surface area contributed by atoms with Crippen LogP contribution < -0.4 is 14.5 Å². The Morgan fingerprint density at radius 2 is 2.02 bits per heavy atom. The van der Waals surface area contributed by atoms with Crippen LogP contribution in [0.25, 0.3) is 10.8 Å². The maximum absolute atomic E-state index is 15.4. The molecule has 4 aliphatic heterocycles. The summed E-state index contributed by atoms with van der Waals surface area (Å²) in [6.07, 6.45) is 9.80. The highest BCUT2D eigenvalue weighted by molar-refractivity contribution is 6.00. The zero-order valence-corrected chi connectivity index (χ0v) is 31.4. The lowest BCUT2D eigenvalue weighted by molar-refractivity contribution is -0.126. The average molecular weight is 745 g/mol. The van der Waals surface area contributed by atoms with E-state index in [-0.39, 0.29) is 61.4 Å². The van der Waals surface area contributed by atoms with E-state index in [1.165, 1.54) is 12.1 Å². The van der Waals surface area contributed by atoms with Gasteiger partial charge in [0.15, 0.2) is 0 Å². The van der Waals surface area contributed by atoms with Crippen LogP contribution in [0.5, 0.6) is 11.8 Å². The Morgan fingerprint density at radius 1 is 1.24 bits per heavy atom. The first kappa shape index (κ1) is 37.8. The number of carbonyl (C=O) groups is 1. The highest BCUT2D eigenvalue weighted by atomic mass is 19.1. The van der Waals surface area contributed by atoms with Crippen LogP contribution in [0.1, 0.15) is 62.8 Å². The molecule has 2 aromatic carbocycles. The summed E-state index contributed by atoms with van der Waals surface area (Å²) in [5, 5.41) is 23.6. The molecule has 54 heavy (non-hydrogen) atoms. The number of likely N-dealkylation sites (N-methyl/N-ethyl adjacent to an activating group) is 1. The van der Waals surface area contributed by atoms with Crippen LogP contribution in [0, 0.1) is 18.2 Å². The number of nitrogens with zero attached hydrogens (tertiary/aromatic N) is 6. The molecule has 3 atom stereocenters. The molecule has 0 saturated carbocycles. The molecule has 2 N–H and O–H groups in total. The molecule has 288 valence electrons. The number of aliphatic hydroxyl groups is 1. The third kappa shape index (κ3) is 6.95. The molecule has 4 aliphatic rings. The van der Waals surface area contributed by atoms with Crippen molar-refractivity contribution in [2.75, 3.05) is 62.8 Å². The second kappa shape index (κ2) is 15.0. The van der Waals surface area contributed by atoms with Gasteiger partial charge in [-0.2, -0.15) is 9.97 Å². The van der Waals surface area contributed by atoms with Gasteiger partial charge in [0.2, 0.25) is 5.91 Å². The van der Waals surface area contributed by atoms with Crippen molar-refractivity contribution in [3.8, 4) is 24.1 Å². The lowest BCUT2D eigenvalue weighted by Gasteiger charge is -2.49. The fourth-order valence-electron chi connectivity index (χ4n) is 9.14. The molecule has 3 fully saturated rings. The molecular weight excluding hydrogens is 694 g/mol. The van der Waals surface area contributed by atoms with Gasteiger partial charge in [0.25, 0.3) is 0 Å². The number of aromatic nitrogens is 2. The number of phenols is 1. The SMILES string of the molecule is C#Cc1c(F)ccc2cc(O)cc(N3CCc4c(nc(OC[C@]5(C(C)(C)O)C[C@@H](F)CN5C5CCOCC5)nc4N(C)C[C@@H]4CCCN4C(=O)C=C)C3)c12. The lowest BCUT2D eigenvalue weighted by atomic mass is 9.79. The van der Waals surface area contributed by atoms with Gasteiger partial charge in [-0.25, -0.2) is 8.78 Å². The van der Waals surface area contributed by atoms with Crippen LogP contribution in [-0.4, -0.2) is 118 Å². The first-order valence-electron chi connectivity index (χ1n) is 18.9. The molecule has 1 aromatic heterocycles. The number of halogens is 2. The fourth-order valence-corrected chi connectivity index (χ4v) is 9.14. The third-order valence-corrected chi connectivity index (χ3v) is 11.9. The summed E-state index contributed by atoms with van der Waals surface area (Å²) in [5.74, 6) is 2.54. The van der Waals surface area contributed by atoms with Crippen molar-refractivity contribution in [1.29, 1.82) is 0 Å². The normalized spacial score (nSPS) is 23.7. The quantitative estimate of drug-likeness (QED) is 0.223. The van der Waals surface area contributed by atoms with Crippen molar-refractivity contribution in [3.63, 3.8) is 0 Å². The zero-order valence-electron chi connectivity index (χ0n) is 31.4. The maximum atomic E-state index is 15.4. The molecule has 0 aliphatic carbocycles. The van der Waals surface area contributed by atoms with E-state index in [4.69, 9.17) is 25.9 Å². The van der Waals surface area contributed by atoms with E-state index in [9.17, 15) is 15.0 Å². The minimum Gasteiger partial charge on any atom is -0.508 e. The Labute approximate surface area is 315 Å². The second-order valence-corrected chi connectivity index (χ2v) is 15.6. The summed E-state index contributed by atoms with van der Waals surface area (Å²) in [5.41, 5.74) is -0.125. The van der Waals surface area contributed by atoms with Crippen LogP contribution in [0.15, 0.2) is 36.9 Å². The predicted molar refractivity (Wildman–Crippen MR) is 203 cm³/mol. The first-order chi connectivity index (χ1) is 25.8. The van der Waals surface area contributed by atoms with Crippen LogP contribution in [0.4, 0.5) is 20.3 Å². The number of rotatable bonds is 10. The summed E-state index contributed by atoms with van der Waals surface area (Å²) in [7, 11) is 1.94. The summed E-state index contributed by atoms with van der Waals surface area (Å²) >= 11 is 0. The number of terminal acetylenes is 1. The molecule has 0 bridgehead atoms. The van der Waals surface area contributed by atoms with E-state index < -0.39 is 23.1 Å². The Hall–Kier alpha value is -4.51. The second-order valence-electron chi connectivity index (χ2n) is 15.6. The van der Waals surface area contributed by atoms with Gasteiger partial charge in [-0.05, 0) is 69.5 Å². The largest absolute Gasteiger partial charge is 0.508 e. The van der Waals surface area contributed by atoms with E-state index in [0.29, 0.717) is 67.2 Å². The summed E-state index contributed by atoms with van der Waals surface area (Å²) in [6.45, 7) is 10.3. The van der Waals surface area contributed by atoms with E-state index in [1.807, 2.05) is 21.7 Å². The van der Waals surface area contributed by atoms with Gasteiger partial charge in [0, 0.05) is 87.6 Å². The Kier molecular flexibility index (Phi) is 10.5. The molecule has 11 nitrogen and oxygen atoms in total. The van der Waals surface area contributed by atoms with Crippen molar-refractivity contribution in [2.24, 2.45) is 0 Å². The fraction of sp³-hybridized carbons (Fsp3) is 0.537. The van der Waals surface area contributed by atoms with Crippen molar-refractivity contribution in [1.82, 2.24) is 19.8 Å². The van der Waals surface area contributed by atoms with Gasteiger partial charge in [-0.1, -0.05) is 18.6 Å². The highest BCUT2D eigenvalue weighted by Crippen LogP contribution is 2.44. The van der Waals surface area contributed by atoms with Crippen molar-refractivity contribution in [3.05, 3.63) is 59.6 Å². The number of fused-ring (bicyclic) bond motifs is 2. The van der Waals surface area contributed by atoms with Crippen LogP contribution in [-0.2, 0) is 22.5 Å². The maximum Gasteiger partial charge on any atom is 0.318 e. The molecular formula is C41H50F2N6O5. The van der Waals surface area contributed by atoms with Crippen molar-refractivity contribution < 1.29 is 33.3 Å². The predicted octanol–water partition coefficient (Wildman–Crippen LogP) is 4.74. The molecule has 7 rings (SSSR count). The number of hydrogen-bond donors (Lipinski definition) is 2. The summed E-state index contributed by atoms with van der Waals surface area (Å²) in [4.78, 5) is 30.6. The van der Waals surface area contributed by atoms with Crippen LogP contribution in [0.2, 0.25) is 0 Å². The van der Waals surface area contributed by atoms with Crippen LogP contribution >= 0.6 is 0 Å². The zero-order chi connectivity index (χ0) is 38.4. The minimum atomic E-state index is -1.33. The smallest absolute Gasteiger partial charge is 0.318 e. The number of amides is 1. The average Bonchev–Trinajstić information content (AvgIpc) is 3.77. The van der Waals surface area contributed by atoms with Gasteiger partial charge in [-0.3, -0.25) is 9.69 Å². The number of benzene rings is 2. The number of carbonyl (C=O) groups excluding carboxylic acids is 1. The topological polar surface area (TPSA) is 115 Å². The van der Waals surface area contributed by atoms with Crippen molar-refractivity contribution in [2.45, 2.75) is 88.3 Å². The number of aromatic hydroxyl groups is 1. The van der Waals surface area contributed by atoms with Crippen LogP contribution in [0.3, 0.4) is 0 Å².